The summed E-state index contributed by atoms with van der Waals surface area (Å²) in [5.41, 5.74) is 0. The monoisotopic (exact) mass is 320 g/mol. The Bertz CT molecular complexity index is 208. The van der Waals surface area contributed by atoms with Crippen molar-refractivity contribution in [1.82, 2.24) is 0 Å². The van der Waals surface area contributed by atoms with Crippen molar-refractivity contribution in [3.05, 3.63) is 50.6 Å². The number of rotatable bonds is 8. The van der Waals surface area contributed by atoms with Crippen LogP contribution >= 0.6 is 0 Å². The summed E-state index contributed by atoms with van der Waals surface area (Å²) in [5.74, 6) is 0. The van der Waals surface area contributed by atoms with Crippen LogP contribution in [0.1, 0.15) is 0 Å². The van der Waals surface area contributed by atoms with E-state index in [0.29, 0.717) is 0 Å². The van der Waals surface area contributed by atoms with Gasteiger partial charge in [0.25, 0.3) is 0 Å². The van der Waals surface area contributed by atoms with Crippen LogP contribution in [0.3, 0.4) is 0 Å². The van der Waals surface area contributed by atoms with E-state index in [-0.39, 0.29) is 18.8 Å². The number of quaternary nitrogens is 1. The molecular formula is C12H27BF4NO3+. The van der Waals surface area contributed by atoms with Crippen molar-refractivity contribution in [3.63, 3.8) is 0 Å². The molecule has 9 heteroatoms. The summed E-state index contributed by atoms with van der Waals surface area (Å²) < 4.78 is 0.903. The number of hydrogen-bond acceptors (Lipinski definition) is 3. The lowest BCUT2D eigenvalue weighted by molar-refractivity contribution is -0.906. The molecule has 0 aliphatic heterocycles. The van der Waals surface area contributed by atoms with E-state index >= 15 is 0 Å². The van der Waals surface area contributed by atoms with Crippen molar-refractivity contribution >= 4 is 7.32 Å². The van der Waals surface area contributed by atoms with Crippen LogP contribution in [0.4, 0.5) is 18.8 Å². The molecule has 0 atom stereocenters. The van der Waals surface area contributed by atoms with Gasteiger partial charge in [0.15, 0.2) is 0 Å². The van der Waals surface area contributed by atoms with Gasteiger partial charge in [-0.1, -0.05) is 26.3 Å². The van der Waals surface area contributed by atoms with Crippen molar-refractivity contribution in [3.8, 4) is 0 Å². The van der Waals surface area contributed by atoms with Crippen LogP contribution in [-0.2, 0) is 0 Å². The van der Waals surface area contributed by atoms with Crippen LogP contribution in [0.5, 0.6) is 0 Å². The van der Waals surface area contributed by atoms with Crippen molar-refractivity contribution in [2.45, 2.75) is 0 Å². The minimum absolute atomic E-state index is 0. The molecule has 0 aromatic carbocycles. The first-order valence-corrected chi connectivity index (χ1v) is 5.31. The van der Waals surface area contributed by atoms with E-state index in [9.17, 15) is 0 Å². The van der Waals surface area contributed by atoms with Crippen LogP contribution in [0.2, 0.25) is 0 Å². The van der Waals surface area contributed by atoms with Gasteiger partial charge < -0.3 is 19.6 Å². The van der Waals surface area contributed by atoms with Crippen LogP contribution < -0.4 is 0 Å². The van der Waals surface area contributed by atoms with E-state index < -0.39 is 7.32 Å². The average Bonchev–Trinajstić information content (AvgIpc) is 2.18. The Kier molecular flexibility index (Phi) is 41.3. The minimum Gasteiger partial charge on any atom is -0.402 e. The van der Waals surface area contributed by atoms with Gasteiger partial charge in [-0.2, -0.15) is 0 Å². The van der Waals surface area contributed by atoms with Crippen LogP contribution in [0, 0.1) is 0 Å². The molecule has 0 heterocycles. The molecule has 0 rings (SSSR count). The highest BCUT2D eigenvalue weighted by Crippen LogP contribution is 2.07. The second-order valence-corrected chi connectivity index (χ2v) is 3.57. The van der Waals surface area contributed by atoms with E-state index in [1.165, 1.54) is 0 Å². The van der Waals surface area contributed by atoms with Crippen molar-refractivity contribution in [2.24, 2.45) is 0 Å². The molecule has 0 radical (unpaired) electrons. The fraction of sp³-hybridized carbons (Fsp3) is 0.333. The molecule has 21 heavy (non-hydrogen) atoms. The zero-order valence-electron chi connectivity index (χ0n) is 12.0. The maximum atomic E-state index is 7.17. The van der Waals surface area contributed by atoms with Crippen LogP contribution in [0.25, 0.3) is 0 Å². The first kappa shape index (κ1) is 36.7. The first-order chi connectivity index (χ1) is 7.97. The first-order valence-electron chi connectivity index (χ1n) is 5.31. The molecule has 0 saturated carbocycles. The molecule has 4 nitrogen and oxygen atoms in total. The standard InChI is InChI=1S/C12H20N.BH3O3.4FH/c1-5-9-13(10-6-2,11-7-3)12-8-4;2-1(3)4;;;;/h5-8H,1-4,9-12H2;2-4H;4*1H/q+1;;;;;. The van der Waals surface area contributed by atoms with Gasteiger partial charge in [-0.3, -0.25) is 18.8 Å². The Morgan fingerprint density at radius 1 is 0.619 bits per heavy atom. The lowest BCUT2D eigenvalue weighted by atomic mass is 10.3. The molecule has 0 spiro atoms. The van der Waals surface area contributed by atoms with E-state index in [2.05, 4.69) is 26.3 Å². The van der Waals surface area contributed by atoms with E-state index in [4.69, 9.17) is 15.1 Å². The van der Waals surface area contributed by atoms with E-state index in [1.54, 1.807) is 0 Å². The molecule has 0 unspecified atom stereocenters. The molecular weight excluding hydrogens is 293 g/mol. The summed E-state index contributed by atoms with van der Waals surface area (Å²) >= 11 is 0. The predicted octanol–water partition coefficient (Wildman–Crippen LogP) is 1.11. The maximum Gasteiger partial charge on any atom is 0.631 e. The summed E-state index contributed by atoms with van der Waals surface area (Å²) in [6, 6.07) is 0. The van der Waals surface area contributed by atoms with Gasteiger partial charge in [0, 0.05) is 0 Å². The second-order valence-electron chi connectivity index (χ2n) is 3.57. The van der Waals surface area contributed by atoms with Crippen LogP contribution in [-0.4, -0.2) is 53.1 Å². The number of hydrogen-bond donors (Lipinski definition) is 3. The fourth-order valence-electron chi connectivity index (χ4n) is 1.54. The van der Waals surface area contributed by atoms with E-state index in [1.807, 2.05) is 24.3 Å². The van der Waals surface area contributed by atoms with Crippen molar-refractivity contribution in [1.29, 1.82) is 0 Å². The molecule has 0 aromatic heterocycles. The van der Waals surface area contributed by atoms with Gasteiger partial charge in [-0.25, -0.2) is 0 Å². The van der Waals surface area contributed by atoms with Crippen molar-refractivity contribution < 1.29 is 38.4 Å². The van der Waals surface area contributed by atoms with Gasteiger partial charge >= 0.3 is 7.32 Å². The van der Waals surface area contributed by atoms with Gasteiger partial charge in [0.2, 0.25) is 0 Å². The molecule has 3 N–H and O–H groups in total. The largest absolute Gasteiger partial charge is 0.631 e. The Morgan fingerprint density at radius 3 is 0.857 bits per heavy atom. The third-order valence-electron chi connectivity index (χ3n) is 2.07. The lowest BCUT2D eigenvalue weighted by Gasteiger charge is -2.35. The summed E-state index contributed by atoms with van der Waals surface area (Å²) in [6.07, 6.45) is 7.76. The summed E-state index contributed by atoms with van der Waals surface area (Å²) in [7, 11) is -2.17. The van der Waals surface area contributed by atoms with Crippen molar-refractivity contribution in [2.75, 3.05) is 26.2 Å². The molecule has 128 valence electrons. The van der Waals surface area contributed by atoms with E-state index in [0.717, 1.165) is 30.7 Å². The zero-order chi connectivity index (χ0) is 13.7. The Morgan fingerprint density at radius 2 is 0.762 bits per heavy atom. The molecule has 0 aromatic rings. The minimum atomic E-state index is -2.17. The highest BCUT2D eigenvalue weighted by Gasteiger charge is 2.20. The number of nitrogens with zero attached hydrogens (tertiary/aromatic N) is 1. The maximum absolute atomic E-state index is 7.17. The quantitative estimate of drug-likeness (QED) is 0.272. The lowest BCUT2D eigenvalue weighted by Crippen LogP contribution is -2.48. The fourth-order valence-corrected chi connectivity index (χ4v) is 1.54. The Labute approximate surface area is 123 Å². The molecule has 0 saturated heterocycles. The summed E-state index contributed by atoms with van der Waals surface area (Å²) in [4.78, 5) is 0. The van der Waals surface area contributed by atoms with Gasteiger partial charge in [-0.05, 0) is 24.3 Å². The Balaban J connectivity index is -0.0000000629. The molecule has 0 aliphatic carbocycles. The molecule has 0 amide bonds. The Hall–Kier alpha value is -1.42. The van der Waals surface area contributed by atoms with Crippen LogP contribution in [0.15, 0.2) is 50.6 Å². The zero-order valence-corrected chi connectivity index (χ0v) is 12.0. The second kappa shape index (κ2) is 23.7. The normalized spacial score (nSPS) is 7.76. The molecule has 0 aliphatic rings. The summed E-state index contributed by atoms with van der Waals surface area (Å²) in [5, 5.41) is 21.5. The average molecular weight is 320 g/mol. The third-order valence-corrected chi connectivity index (χ3v) is 2.07. The third kappa shape index (κ3) is 24.0. The molecule has 0 fully saturated rings. The van der Waals surface area contributed by atoms with Gasteiger partial charge in [0.05, 0.1) is 26.2 Å². The smallest absolute Gasteiger partial charge is 0.402 e. The number of halogens is 4. The van der Waals surface area contributed by atoms with Gasteiger partial charge in [-0.15, -0.1) is 0 Å². The highest BCUT2D eigenvalue weighted by molar-refractivity contribution is 6.30. The topological polar surface area (TPSA) is 60.7 Å². The van der Waals surface area contributed by atoms with Gasteiger partial charge in [0.1, 0.15) is 0 Å². The SMILES string of the molecule is C=CC[N+](CC=C)(CC=C)CC=C.F.F.F.F.OB(O)O. The predicted molar refractivity (Wildman–Crippen MR) is 82.9 cm³/mol. The molecule has 0 bridgehead atoms. The summed E-state index contributed by atoms with van der Waals surface area (Å²) in [6.45, 7) is 18.8. The highest BCUT2D eigenvalue weighted by atomic mass is 19.0.